The molecule has 0 aromatic rings. The molecular weight excluding hydrogens is 146 g/mol. The van der Waals surface area contributed by atoms with Gasteiger partial charge in [0, 0.05) is 6.42 Å². The first-order valence-electron chi connectivity index (χ1n) is 2.57. The lowest BCUT2D eigenvalue weighted by Gasteiger charge is -2.08. The van der Waals surface area contributed by atoms with Crippen LogP contribution in [0.15, 0.2) is 0 Å². The fraction of sp³-hybridized carbons (Fsp3) is 0.600. The molecule has 0 amide bonds. The molecule has 0 rings (SSSR count). The lowest BCUT2D eigenvalue weighted by molar-refractivity contribution is -0.173. The number of ether oxygens (including phenoxy) is 1. The molecule has 0 fully saturated rings. The fourth-order valence-corrected chi connectivity index (χ4v) is 0.274. The molecule has 0 aromatic heterocycles. The van der Waals surface area contributed by atoms with Gasteiger partial charge in [0.25, 0.3) is 0 Å². The van der Waals surface area contributed by atoms with Crippen LogP contribution in [-0.2, 0) is 14.3 Å². The Labute approximate surface area is 56.0 Å². The van der Waals surface area contributed by atoms with Crippen LogP contribution in [0.4, 0.5) is 8.78 Å². The van der Waals surface area contributed by atoms with Crippen molar-refractivity contribution in [2.24, 2.45) is 0 Å². The van der Waals surface area contributed by atoms with Crippen molar-refractivity contribution in [2.45, 2.75) is 19.3 Å². The summed E-state index contributed by atoms with van der Waals surface area (Å²) in [7, 11) is 0. The maximum Gasteiger partial charge on any atom is 0.384 e. The number of hydrogen-bond donors (Lipinski definition) is 0. The maximum absolute atomic E-state index is 12.1. The van der Waals surface area contributed by atoms with Gasteiger partial charge in [-0.05, 0) is 0 Å². The predicted octanol–water partition coefficient (Wildman–Crippen LogP) is 0.731. The van der Waals surface area contributed by atoms with E-state index in [9.17, 15) is 18.4 Å². The van der Waals surface area contributed by atoms with Gasteiger partial charge in [-0.2, -0.15) is 8.78 Å². The van der Waals surface area contributed by atoms with Crippen molar-refractivity contribution in [3.05, 3.63) is 0 Å². The zero-order chi connectivity index (χ0) is 8.20. The molecule has 0 spiro atoms. The van der Waals surface area contributed by atoms with E-state index >= 15 is 0 Å². The monoisotopic (exact) mass is 152 g/mol. The Bertz CT molecular complexity index is 144. The van der Waals surface area contributed by atoms with Crippen LogP contribution < -0.4 is 0 Å². The zero-order valence-corrected chi connectivity index (χ0v) is 5.27. The Hall–Kier alpha value is -1.00. The van der Waals surface area contributed by atoms with Crippen LogP contribution in [0.3, 0.4) is 0 Å². The molecule has 0 aliphatic rings. The zero-order valence-electron chi connectivity index (χ0n) is 5.27. The largest absolute Gasteiger partial charge is 0.391 e. The smallest absolute Gasteiger partial charge is 0.384 e. The summed E-state index contributed by atoms with van der Waals surface area (Å²) >= 11 is 0. The second-order valence-electron chi connectivity index (χ2n) is 1.56. The Kier molecular flexibility index (Phi) is 2.92. The molecule has 0 atom stereocenters. The highest BCUT2D eigenvalue weighted by atomic mass is 19.3. The molecule has 0 heterocycles. The van der Waals surface area contributed by atoms with E-state index in [4.69, 9.17) is 0 Å². The van der Waals surface area contributed by atoms with Crippen LogP contribution in [0.5, 0.6) is 0 Å². The molecule has 0 saturated heterocycles. The summed E-state index contributed by atoms with van der Waals surface area (Å²) in [4.78, 5) is 19.5. The van der Waals surface area contributed by atoms with Gasteiger partial charge in [-0.25, -0.2) is 4.79 Å². The molecule has 0 saturated carbocycles. The van der Waals surface area contributed by atoms with E-state index in [-0.39, 0.29) is 6.47 Å². The number of rotatable bonds is 3. The third kappa shape index (κ3) is 2.08. The van der Waals surface area contributed by atoms with Crippen LogP contribution in [0.2, 0.25) is 0 Å². The quantitative estimate of drug-likeness (QED) is 0.340. The van der Waals surface area contributed by atoms with Gasteiger partial charge in [-0.1, -0.05) is 6.92 Å². The summed E-state index contributed by atoms with van der Waals surface area (Å²) in [6, 6.07) is 0. The first kappa shape index (κ1) is 9.00. The van der Waals surface area contributed by atoms with Gasteiger partial charge in [-0.15, -0.1) is 0 Å². The second kappa shape index (κ2) is 3.24. The summed E-state index contributed by atoms with van der Waals surface area (Å²) in [6.07, 6.45) is -0.667. The van der Waals surface area contributed by atoms with Crippen LogP contribution in [0.25, 0.3) is 0 Å². The van der Waals surface area contributed by atoms with Crippen molar-refractivity contribution >= 4 is 12.4 Å². The van der Waals surface area contributed by atoms with Crippen molar-refractivity contribution in [3.8, 4) is 0 Å². The molecule has 0 aliphatic heterocycles. The highest BCUT2D eigenvalue weighted by molar-refractivity contribution is 5.82. The summed E-state index contributed by atoms with van der Waals surface area (Å²) < 4.78 is 27.6. The molecule has 0 N–H and O–H groups in total. The van der Waals surface area contributed by atoms with Crippen molar-refractivity contribution in [1.29, 1.82) is 0 Å². The number of carbonyl (C=O) groups excluding carboxylic acids is 2. The average Bonchev–Trinajstić information content (AvgIpc) is 1.89. The van der Waals surface area contributed by atoms with Gasteiger partial charge in [0.05, 0.1) is 0 Å². The van der Waals surface area contributed by atoms with E-state index < -0.39 is 18.3 Å². The fourth-order valence-electron chi connectivity index (χ4n) is 0.274. The third-order valence-electron chi connectivity index (χ3n) is 0.898. The third-order valence-corrected chi connectivity index (χ3v) is 0.898. The van der Waals surface area contributed by atoms with Crippen molar-refractivity contribution < 1.29 is 23.1 Å². The van der Waals surface area contributed by atoms with Crippen LogP contribution in [-0.4, -0.2) is 18.4 Å². The van der Waals surface area contributed by atoms with Crippen molar-refractivity contribution in [3.63, 3.8) is 0 Å². The van der Waals surface area contributed by atoms with Gasteiger partial charge in [0.15, 0.2) is 0 Å². The van der Waals surface area contributed by atoms with Gasteiger partial charge in [0.2, 0.25) is 0 Å². The molecule has 0 aliphatic carbocycles. The standard InChI is InChI=1S/C5H6F2O3/c1-2-5(6,7)4(9)10-3-8/h3H,2H2,1H3. The number of esters is 1. The molecule has 5 heteroatoms. The van der Waals surface area contributed by atoms with Gasteiger partial charge >= 0.3 is 18.4 Å². The molecule has 58 valence electrons. The first-order valence-corrected chi connectivity index (χ1v) is 2.57. The number of hydrogen-bond acceptors (Lipinski definition) is 3. The Morgan fingerprint density at radius 3 is 2.50 bits per heavy atom. The normalized spacial score (nSPS) is 10.7. The summed E-state index contributed by atoms with van der Waals surface area (Å²) in [5, 5.41) is 0. The summed E-state index contributed by atoms with van der Waals surface area (Å²) in [5.41, 5.74) is 0. The lowest BCUT2D eigenvalue weighted by atomic mass is 10.3. The van der Waals surface area contributed by atoms with Crippen LogP contribution >= 0.6 is 0 Å². The SMILES string of the molecule is CCC(F)(F)C(=O)OC=O. The first-order chi connectivity index (χ1) is 4.54. The van der Waals surface area contributed by atoms with Crippen molar-refractivity contribution in [2.75, 3.05) is 0 Å². The molecule has 10 heavy (non-hydrogen) atoms. The molecule has 0 bridgehead atoms. The topological polar surface area (TPSA) is 43.4 Å². The van der Waals surface area contributed by atoms with E-state index in [0.29, 0.717) is 0 Å². The minimum Gasteiger partial charge on any atom is -0.391 e. The minimum atomic E-state index is -3.54. The predicted molar refractivity (Wildman–Crippen MR) is 27.4 cm³/mol. The molecule has 0 unspecified atom stereocenters. The molecular formula is C5H6F2O3. The van der Waals surface area contributed by atoms with Gasteiger partial charge < -0.3 is 4.74 Å². The van der Waals surface area contributed by atoms with E-state index in [1.54, 1.807) is 0 Å². The molecule has 0 radical (unpaired) electrons. The number of alkyl halides is 2. The maximum atomic E-state index is 12.1. The van der Waals surface area contributed by atoms with Crippen LogP contribution in [0, 0.1) is 0 Å². The Balaban J connectivity index is 4.03. The Morgan fingerprint density at radius 2 is 2.20 bits per heavy atom. The van der Waals surface area contributed by atoms with E-state index in [1.807, 2.05) is 0 Å². The minimum absolute atomic E-state index is 0.314. The van der Waals surface area contributed by atoms with Crippen LogP contribution in [0.1, 0.15) is 13.3 Å². The highest BCUT2D eigenvalue weighted by Crippen LogP contribution is 2.18. The van der Waals surface area contributed by atoms with E-state index in [0.717, 1.165) is 6.92 Å². The number of halogens is 2. The van der Waals surface area contributed by atoms with Crippen molar-refractivity contribution in [1.82, 2.24) is 0 Å². The second-order valence-corrected chi connectivity index (χ2v) is 1.56. The number of carbonyl (C=O) groups is 2. The van der Waals surface area contributed by atoms with Gasteiger partial charge in [-0.3, -0.25) is 4.79 Å². The molecule has 0 aromatic carbocycles. The summed E-state index contributed by atoms with van der Waals surface area (Å²) in [5.74, 6) is -5.34. The summed E-state index contributed by atoms with van der Waals surface area (Å²) in [6.45, 7) is 0.804. The molecule has 3 nitrogen and oxygen atoms in total. The van der Waals surface area contributed by atoms with Gasteiger partial charge in [0.1, 0.15) is 0 Å². The van der Waals surface area contributed by atoms with E-state index in [1.165, 1.54) is 0 Å². The van der Waals surface area contributed by atoms with E-state index in [2.05, 4.69) is 4.74 Å². The highest BCUT2D eigenvalue weighted by Gasteiger charge is 2.38. The Morgan fingerprint density at radius 1 is 1.70 bits per heavy atom. The lowest BCUT2D eigenvalue weighted by Crippen LogP contribution is -2.29. The average molecular weight is 152 g/mol.